The molecule has 0 unspecified atom stereocenters. The molecule has 1 heterocycles. The molecule has 5 nitrogen and oxygen atoms in total. The third-order valence-corrected chi connectivity index (χ3v) is 3.57. The van der Waals surface area contributed by atoms with Crippen molar-refractivity contribution in [2.45, 2.75) is 0 Å². The Morgan fingerprint density at radius 2 is 2.00 bits per heavy atom. The molecule has 6 heteroatoms. The number of aromatic nitrogens is 1. The van der Waals surface area contributed by atoms with E-state index in [4.69, 9.17) is 5.11 Å². The molecule has 0 fully saturated rings. The van der Waals surface area contributed by atoms with Crippen molar-refractivity contribution < 1.29 is 9.67 Å². The number of azo groups is 1. The maximum atomic E-state index is 8.89. The summed E-state index contributed by atoms with van der Waals surface area (Å²) in [6, 6.07) is 7.78. The van der Waals surface area contributed by atoms with Gasteiger partial charge in [-0.1, -0.05) is 0 Å². The molecule has 0 saturated carbocycles. The molecular formula is C13H17N4OS+. The van der Waals surface area contributed by atoms with Gasteiger partial charge in [0.15, 0.2) is 0 Å². The van der Waals surface area contributed by atoms with Crippen LogP contribution in [-0.2, 0) is 7.05 Å². The van der Waals surface area contributed by atoms with E-state index in [1.165, 1.54) is 0 Å². The van der Waals surface area contributed by atoms with Crippen LogP contribution in [0.3, 0.4) is 0 Å². The smallest absolute Gasteiger partial charge is 0.395 e. The lowest BCUT2D eigenvalue weighted by Gasteiger charge is -2.17. The second-order valence-electron chi connectivity index (χ2n) is 4.16. The highest BCUT2D eigenvalue weighted by Crippen LogP contribution is 2.21. The number of rotatable bonds is 5. The highest BCUT2D eigenvalue weighted by molar-refractivity contribution is 7.12. The van der Waals surface area contributed by atoms with Gasteiger partial charge in [0.2, 0.25) is 0 Å². The van der Waals surface area contributed by atoms with Crippen LogP contribution in [0.1, 0.15) is 0 Å². The van der Waals surface area contributed by atoms with Crippen LogP contribution in [0.5, 0.6) is 0 Å². The van der Waals surface area contributed by atoms with E-state index in [2.05, 4.69) is 10.2 Å². The number of benzene rings is 1. The van der Waals surface area contributed by atoms with Crippen molar-refractivity contribution in [3.05, 3.63) is 35.8 Å². The zero-order valence-electron chi connectivity index (χ0n) is 11.0. The lowest BCUT2D eigenvalue weighted by molar-refractivity contribution is -0.654. The Bertz CT molecular complexity index is 550. The first-order valence-corrected chi connectivity index (χ1v) is 6.85. The van der Waals surface area contributed by atoms with Gasteiger partial charge in [0.05, 0.1) is 18.8 Å². The van der Waals surface area contributed by atoms with E-state index in [1.807, 2.05) is 59.4 Å². The second-order valence-corrected chi connectivity index (χ2v) is 5.03. The minimum Gasteiger partial charge on any atom is -0.395 e. The van der Waals surface area contributed by atoms with Crippen LogP contribution in [-0.4, -0.2) is 25.3 Å². The molecule has 0 aliphatic heterocycles. The second kappa shape index (κ2) is 6.40. The first-order chi connectivity index (χ1) is 9.20. The van der Waals surface area contributed by atoms with Crippen molar-refractivity contribution in [3.8, 4) is 0 Å². The fourth-order valence-electron chi connectivity index (χ4n) is 1.58. The van der Waals surface area contributed by atoms with E-state index in [0.29, 0.717) is 6.54 Å². The van der Waals surface area contributed by atoms with Gasteiger partial charge < -0.3 is 10.0 Å². The van der Waals surface area contributed by atoms with Crippen LogP contribution in [0.15, 0.2) is 46.1 Å². The molecule has 0 amide bonds. The summed E-state index contributed by atoms with van der Waals surface area (Å²) in [5.74, 6) is 0. The molecule has 0 saturated heterocycles. The Kier molecular flexibility index (Phi) is 4.59. The maximum Gasteiger partial charge on any atom is 0.408 e. The first-order valence-electron chi connectivity index (χ1n) is 5.97. The molecule has 1 aromatic carbocycles. The molecule has 100 valence electrons. The Morgan fingerprint density at radius 3 is 2.58 bits per heavy atom. The largest absolute Gasteiger partial charge is 0.408 e. The van der Waals surface area contributed by atoms with Crippen LogP contribution in [0.2, 0.25) is 0 Å². The van der Waals surface area contributed by atoms with Crippen molar-refractivity contribution in [2.24, 2.45) is 17.3 Å². The van der Waals surface area contributed by atoms with Crippen molar-refractivity contribution >= 4 is 27.8 Å². The molecule has 2 rings (SSSR count). The minimum absolute atomic E-state index is 0.146. The lowest BCUT2D eigenvalue weighted by Crippen LogP contribution is -2.23. The molecule has 1 N–H and O–H groups in total. The minimum atomic E-state index is 0.146. The van der Waals surface area contributed by atoms with Gasteiger partial charge in [0.25, 0.3) is 0 Å². The molecule has 1 aromatic heterocycles. The van der Waals surface area contributed by atoms with Crippen LogP contribution in [0.4, 0.5) is 16.5 Å². The molecule has 19 heavy (non-hydrogen) atoms. The van der Waals surface area contributed by atoms with Crippen molar-refractivity contribution in [1.29, 1.82) is 0 Å². The monoisotopic (exact) mass is 277 g/mol. The standard InChI is InChI=1S/C13H17N4OS/c1-16(7-9-18)12-5-3-11(4-6-12)14-15-13-17(2)8-10-19-13/h3-6,8,10,18H,7,9H2,1-2H3/q+1. The number of anilines is 1. The van der Waals surface area contributed by atoms with E-state index in [9.17, 15) is 0 Å². The van der Waals surface area contributed by atoms with Crippen molar-refractivity contribution in [2.75, 3.05) is 25.1 Å². The number of hydrogen-bond donors (Lipinski definition) is 1. The zero-order valence-corrected chi connectivity index (χ0v) is 11.8. The average Bonchev–Trinajstić information content (AvgIpc) is 2.83. The van der Waals surface area contributed by atoms with E-state index in [-0.39, 0.29) is 6.61 Å². The summed E-state index contributed by atoms with van der Waals surface area (Å²) in [4.78, 5) is 1.99. The molecule has 0 bridgehead atoms. The molecule has 2 aromatic rings. The average molecular weight is 277 g/mol. The van der Waals surface area contributed by atoms with Gasteiger partial charge in [-0.2, -0.15) is 0 Å². The number of hydrogen-bond acceptors (Lipinski definition) is 5. The zero-order chi connectivity index (χ0) is 13.7. The summed E-state index contributed by atoms with van der Waals surface area (Å²) in [6.45, 7) is 0.763. The summed E-state index contributed by atoms with van der Waals surface area (Å²) in [5, 5.41) is 20.1. The number of aliphatic hydroxyl groups is 1. The summed E-state index contributed by atoms with van der Waals surface area (Å²) in [5.41, 5.74) is 1.87. The Morgan fingerprint density at radius 1 is 1.26 bits per heavy atom. The van der Waals surface area contributed by atoms with Gasteiger partial charge in [-0.3, -0.25) is 0 Å². The van der Waals surface area contributed by atoms with Crippen LogP contribution in [0, 0.1) is 0 Å². The van der Waals surface area contributed by atoms with Gasteiger partial charge in [-0.25, -0.2) is 4.57 Å². The summed E-state index contributed by atoms with van der Waals surface area (Å²) >= 11 is 1.55. The third kappa shape index (κ3) is 3.59. The third-order valence-electron chi connectivity index (χ3n) is 2.74. The molecule has 0 radical (unpaired) electrons. The highest BCUT2D eigenvalue weighted by Gasteiger charge is 2.07. The molecule has 0 spiro atoms. The molecule has 0 aliphatic carbocycles. The summed E-state index contributed by atoms with van der Waals surface area (Å²) in [7, 11) is 3.89. The Labute approximate surface area is 116 Å². The number of aliphatic hydroxyl groups excluding tert-OH is 1. The van der Waals surface area contributed by atoms with Crippen LogP contribution >= 0.6 is 11.3 Å². The fraction of sp³-hybridized carbons (Fsp3) is 0.308. The number of likely N-dealkylation sites (N-methyl/N-ethyl adjacent to an activating group) is 1. The van der Waals surface area contributed by atoms with Gasteiger partial charge in [-0.15, -0.1) is 0 Å². The Hall–Kier alpha value is -1.79. The highest BCUT2D eigenvalue weighted by atomic mass is 32.1. The van der Waals surface area contributed by atoms with Gasteiger partial charge >= 0.3 is 5.13 Å². The van der Waals surface area contributed by atoms with Crippen molar-refractivity contribution in [1.82, 2.24) is 0 Å². The van der Waals surface area contributed by atoms with E-state index in [1.54, 1.807) is 11.3 Å². The van der Waals surface area contributed by atoms with E-state index < -0.39 is 0 Å². The van der Waals surface area contributed by atoms with E-state index in [0.717, 1.165) is 16.5 Å². The first kappa shape index (κ1) is 13.6. The fourth-order valence-corrected chi connectivity index (χ4v) is 2.26. The van der Waals surface area contributed by atoms with Crippen LogP contribution < -0.4 is 9.47 Å². The lowest BCUT2D eigenvalue weighted by atomic mass is 10.2. The SMILES string of the molecule is CN(CCO)c1ccc(N=Nc2scc[n+]2C)cc1. The van der Waals surface area contributed by atoms with Gasteiger partial charge in [-0.05, 0) is 40.7 Å². The quantitative estimate of drug-likeness (QED) is 0.674. The number of thiazole rings is 1. The van der Waals surface area contributed by atoms with E-state index >= 15 is 0 Å². The summed E-state index contributed by atoms with van der Waals surface area (Å²) in [6.07, 6.45) is 1.95. The molecular weight excluding hydrogens is 260 g/mol. The predicted octanol–water partition coefficient (Wildman–Crippen LogP) is 2.42. The molecule has 0 atom stereocenters. The Balaban J connectivity index is 2.07. The normalized spacial score (nSPS) is 11.1. The van der Waals surface area contributed by atoms with Crippen molar-refractivity contribution in [3.63, 3.8) is 0 Å². The summed E-state index contributed by atoms with van der Waals surface area (Å²) < 4.78 is 1.93. The maximum absolute atomic E-state index is 8.89. The number of nitrogens with zero attached hydrogens (tertiary/aromatic N) is 4. The number of aryl methyl sites for hydroxylation is 1. The topological polar surface area (TPSA) is 52.1 Å². The predicted molar refractivity (Wildman–Crippen MR) is 76.5 cm³/mol. The van der Waals surface area contributed by atoms with Gasteiger partial charge in [0.1, 0.15) is 11.9 Å². The van der Waals surface area contributed by atoms with Gasteiger partial charge in [0, 0.05) is 24.7 Å². The van der Waals surface area contributed by atoms with Crippen LogP contribution in [0.25, 0.3) is 0 Å². The molecule has 0 aliphatic rings.